The molecule has 1 fully saturated rings. The van der Waals surface area contributed by atoms with E-state index in [2.05, 4.69) is 10.2 Å². The monoisotopic (exact) mass is 633 g/mol. The second-order valence-electron chi connectivity index (χ2n) is 10.6. The Morgan fingerprint density at radius 1 is 0.978 bits per heavy atom. The van der Waals surface area contributed by atoms with E-state index < -0.39 is 26.5 Å². The van der Waals surface area contributed by atoms with E-state index in [0.717, 1.165) is 5.75 Å². The first-order valence-corrected chi connectivity index (χ1v) is 15.7. The fourth-order valence-electron chi connectivity index (χ4n) is 5.74. The van der Waals surface area contributed by atoms with Crippen molar-refractivity contribution in [1.82, 2.24) is 19.0 Å². The van der Waals surface area contributed by atoms with Crippen LogP contribution in [-0.4, -0.2) is 78.1 Å². The number of fused-ring (bicyclic) bond motifs is 1. The van der Waals surface area contributed by atoms with Gasteiger partial charge >= 0.3 is 0 Å². The van der Waals surface area contributed by atoms with Crippen LogP contribution in [0.1, 0.15) is 28.6 Å². The predicted octanol–water partition coefficient (Wildman–Crippen LogP) is 3.54. The molecule has 4 aromatic rings. The van der Waals surface area contributed by atoms with Gasteiger partial charge in [-0.25, -0.2) is 13.1 Å². The highest BCUT2D eigenvalue weighted by molar-refractivity contribution is 7.89. The summed E-state index contributed by atoms with van der Waals surface area (Å²) in [7, 11) is -2.48. The van der Waals surface area contributed by atoms with Crippen molar-refractivity contribution in [3.63, 3.8) is 0 Å². The minimum Gasteiger partial charge on any atom is -0.497 e. The molecule has 15 heteroatoms. The third kappa shape index (κ3) is 5.80. The Morgan fingerprint density at radius 2 is 1.60 bits per heavy atom. The molecule has 0 spiro atoms. The molecule has 0 unspecified atom stereocenters. The number of nitrogens with zero attached hydrogens (tertiary/aromatic N) is 5. The molecule has 234 valence electrons. The molecule has 6 rings (SSSR count). The summed E-state index contributed by atoms with van der Waals surface area (Å²) in [4.78, 5) is 25.3. The maximum atomic E-state index is 13.3. The number of nitro groups is 1. The Morgan fingerprint density at radius 3 is 2.22 bits per heavy atom. The number of aromatic nitrogens is 2. The Bertz CT molecular complexity index is 1840. The number of para-hydroxylation sites is 1. The number of benzene rings is 3. The van der Waals surface area contributed by atoms with Crippen molar-refractivity contribution < 1.29 is 27.6 Å². The SMILES string of the molecule is COc1ccc(Oc2ccc(-n3nc4c(c3C(N)=O)NCC[C@@H]4N3CCN(S(=O)(=O)c4ccccc4[N+](=O)[O-])CC3)cc2)cc1. The van der Waals surface area contributed by atoms with Crippen LogP contribution in [0.3, 0.4) is 0 Å². The number of primary amides is 1. The number of hydrogen-bond acceptors (Lipinski definition) is 10. The number of hydrogen-bond donors (Lipinski definition) is 2. The van der Waals surface area contributed by atoms with Crippen LogP contribution in [0.15, 0.2) is 77.7 Å². The summed E-state index contributed by atoms with van der Waals surface area (Å²) in [6.07, 6.45) is 0.674. The number of nitrogens with one attached hydrogen (secondary N) is 1. The smallest absolute Gasteiger partial charge is 0.289 e. The van der Waals surface area contributed by atoms with Gasteiger partial charge in [0.2, 0.25) is 10.0 Å². The number of nitro benzene ring substituents is 1. The van der Waals surface area contributed by atoms with Crippen molar-refractivity contribution in [3.8, 4) is 22.9 Å². The van der Waals surface area contributed by atoms with E-state index in [0.29, 0.717) is 54.6 Å². The molecule has 0 saturated carbocycles. The standard InChI is InChI=1S/C30H31N7O7S/c1-43-21-10-12-23(13-11-21)44-22-8-6-20(7-9-22)36-29(30(31)38)28-27(33-36)25(14-15-32-28)34-16-18-35(19-17-34)45(41,42)26-5-3-2-4-24(26)37(39)40/h2-13,25,32H,14-19H2,1H3,(H2,31,38)/t25-/m0/s1. The first kappa shape index (κ1) is 30.1. The lowest BCUT2D eigenvalue weighted by Gasteiger charge is -2.39. The summed E-state index contributed by atoms with van der Waals surface area (Å²) < 4.78 is 40.6. The second kappa shape index (κ2) is 12.2. The van der Waals surface area contributed by atoms with Gasteiger partial charge in [-0.1, -0.05) is 12.1 Å². The van der Waals surface area contributed by atoms with Gasteiger partial charge in [-0.15, -0.1) is 0 Å². The minimum atomic E-state index is -4.07. The Labute approximate surface area is 259 Å². The molecule has 1 atom stereocenters. The zero-order chi connectivity index (χ0) is 31.7. The third-order valence-electron chi connectivity index (χ3n) is 7.95. The predicted molar refractivity (Wildman–Crippen MR) is 164 cm³/mol. The number of rotatable bonds is 9. The summed E-state index contributed by atoms with van der Waals surface area (Å²) in [6, 6.07) is 19.5. The van der Waals surface area contributed by atoms with Crippen LogP contribution in [0.5, 0.6) is 17.2 Å². The minimum absolute atomic E-state index is 0.146. The van der Waals surface area contributed by atoms with Gasteiger partial charge in [0.1, 0.15) is 22.9 Å². The van der Waals surface area contributed by atoms with Gasteiger partial charge in [-0.3, -0.25) is 19.8 Å². The Kier molecular flexibility index (Phi) is 8.14. The molecule has 1 amide bonds. The van der Waals surface area contributed by atoms with Gasteiger partial charge in [0.25, 0.3) is 11.6 Å². The Hall–Kier alpha value is -4.99. The van der Waals surface area contributed by atoms with Crippen molar-refractivity contribution in [1.29, 1.82) is 0 Å². The van der Waals surface area contributed by atoms with E-state index in [1.165, 1.54) is 33.3 Å². The van der Waals surface area contributed by atoms with Gasteiger partial charge in [-0.2, -0.15) is 9.40 Å². The molecule has 3 heterocycles. The van der Waals surface area contributed by atoms with Gasteiger partial charge in [-0.05, 0) is 61.0 Å². The lowest BCUT2D eigenvalue weighted by atomic mass is 10.0. The van der Waals surface area contributed by atoms with E-state index in [-0.39, 0.29) is 29.7 Å². The normalized spacial score (nSPS) is 17.2. The van der Waals surface area contributed by atoms with Crippen molar-refractivity contribution >= 4 is 27.3 Å². The second-order valence-corrected chi connectivity index (χ2v) is 12.5. The highest BCUT2D eigenvalue weighted by Gasteiger charge is 2.38. The number of amides is 1. The molecule has 3 aromatic carbocycles. The van der Waals surface area contributed by atoms with E-state index in [1.807, 2.05) is 0 Å². The summed E-state index contributed by atoms with van der Waals surface area (Å²) in [6.45, 7) is 1.60. The average Bonchev–Trinajstić information content (AvgIpc) is 3.46. The number of sulfonamides is 1. The van der Waals surface area contributed by atoms with E-state index >= 15 is 0 Å². The lowest BCUT2D eigenvalue weighted by molar-refractivity contribution is -0.387. The first-order chi connectivity index (χ1) is 21.7. The number of piperazine rings is 1. The average molecular weight is 634 g/mol. The van der Waals surface area contributed by atoms with Crippen molar-refractivity contribution in [2.24, 2.45) is 5.73 Å². The third-order valence-corrected chi connectivity index (χ3v) is 9.90. The van der Waals surface area contributed by atoms with Crippen LogP contribution >= 0.6 is 0 Å². The van der Waals surface area contributed by atoms with Crippen LogP contribution < -0.4 is 20.5 Å². The summed E-state index contributed by atoms with van der Waals surface area (Å²) in [5.41, 5.74) is 7.42. The molecule has 45 heavy (non-hydrogen) atoms. The van der Waals surface area contributed by atoms with Gasteiger partial charge in [0, 0.05) is 38.8 Å². The molecule has 14 nitrogen and oxygen atoms in total. The van der Waals surface area contributed by atoms with Crippen molar-refractivity contribution in [2.75, 3.05) is 45.2 Å². The number of ether oxygens (including phenoxy) is 2. The number of methoxy groups -OCH3 is 1. The zero-order valence-corrected chi connectivity index (χ0v) is 25.1. The molecule has 3 N–H and O–H groups in total. The number of carbonyl (C=O) groups excluding carboxylic acids is 1. The van der Waals surface area contributed by atoms with Crippen LogP contribution in [0.4, 0.5) is 11.4 Å². The molecular formula is C30H31N7O7S. The van der Waals surface area contributed by atoms with E-state index in [1.54, 1.807) is 55.6 Å². The number of anilines is 1. The number of nitrogens with two attached hydrogens (primary N) is 1. The molecule has 2 aliphatic heterocycles. The number of carbonyl (C=O) groups is 1. The van der Waals surface area contributed by atoms with Crippen LogP contribution in [0.2, 0.25) is 0 Å². The fourth-order valence-corrected chi connectivity index (χ4v) is 7.32. The van der Waals surface area contributed by atoms with Crippen LogP contribution in [0, 0.1) is 10.1 Å². The lowest BCUT2D eigenvalue weighted by Crippen LogP contribution is -2.50. The fraction of sp³-hybridized carbons (Fsp3) is 0.267. The summed E-state index contributed by atoms with van der Waals surface area (Å²) in [5, 5.41) is 19.6. The van der Waals surface area contributed by atoms with Crippen molar-refractivity contribution in [3.05, 3.63) is 94.3 Å². The Balaban J connectivity index is 1.21. The van der Waals surface area contributed by atoms with Crippen LogP contribution in [0.25, 0.3) is 5.69 Å². The van der Waals surface area contributed by atoms with E-state index in [9.17, 15) is 23.3 Å². The largest absolute Gasteiger partial charge is 0.497 e. The molecule has 1 saturated heterocycles. The summed E-state index contributed by atoms with van der Waals surface area (Å²) >= 11 is 0. The molecule has 2 aliphatic rings. The topological polar surface area (TPSA) is 175 Å². The highest BCUT2D eigenvalue weighted by atomic mass is 32.2. The highest BCUT2D eigenvalue weighted by Crippen LogP contribution is 2.38. The molecular weight excluding hydrogens is 602 g/mol. The summed E-state index contributed by atoms with van der Waals surface area (Å²) in [5.74, 6) is 1.30. The van der Waals surface area contributed by atoms with Gasteiger partial charge < -0.3 is 20.5 Å². The van der Waals surface area contributed by atoms with Gasteiger partial charge in [0.15, 0.2) is 10.6 Å². The molecule has 1 aromatic heterocycles. The quantitative estimate of drug-likeness (QED) is 0.205. The maximum Gasteiger partial charge on any atom is 0.289 e. The van der Waals surface area contributed by atoms with Crippen LogP contribution in [-0.2, 0) is 10.0 Å². The zero-order valence-electron chi connectivity index (χ0n) is 24.3. The van der Waals surface area contributed by atoms with Crippen molar-refractivity contribution in [2.45, 2.75) is 17.4 Å². The molecule has 0 aliphatic carbocycles. The molecule has 0 bridgehead atoms. The maximum absolute atomic E-state index is 13.3. The molecule has 0 radical (unpaired) electrons. The van der Waals surface area contributed by atoms with E-state index in [4.69, 9.17) is 20.3 Å². The van der Waals surface area contributed by atoms with Gasteiger partial charge in [0.05, 0.1) is 29.4 Å². The first-order valence-electron chi connectivity index (χ1n) is 14.2.